The first kappa shape index (κ1) is 19.5. The van der Waals surface area contributed by atoms with E-state index in [1.165, 1.54) is 18.3 Å². The van der Waals surface area contributed by atoms with E-state index in [4.69, 9.17) is 4.18 Å². The second-order valence-electron chi connectivity index (χ2n) is 5.74. The van der Waals surface area contributed by atoms with Crippen molar-refractivity contribution in [1.82, 2.24) is 4.90 Å². The van der Waals surface area contributed by atoms with Crippen molar-refractivity contribution in [3.8, 4) is 5.75 Å². The van der Waals surface area contributed by atoms with E-state index in [-0.39, 0.29) is 23.5 Å². The zero-order valence-corrected chi connectivity index (χ0v) is 16.3. The van der Waals surface area contributed by atoms with Crippen LogP contribution in [0, 0.1) is 0 Å². The molecule has 25 heavy (non-hydrogen) atoms. The Morgan fingerprint density at radius 1 is 1.24 bits per heavy atom. The second kappa shape index (κ2) is 8.49. The molecule has 136 valence electrons. The molecule has 0 unspecified atom stereocenters. The van der Waals surface area contributed by atoms with Crippen LogP contribution in [0.15, 0.2) is 41.8 Å². The minimum absolute atomic E-state index is 0.0168. The van der Waals surface area contributed by atoms with Crippen LogP contribution in [-0.2, 0) is 16.7 Å². The Hall–Kier alpha value is -1.86. The molecule has 1 aromatic carbocycles. The Labute approximate surface area is 153 Å². The molecular weight excluding hydrogens is 358 g/mol. The lowest BCUT2D eigenvalue weighted by Gasteiger charge is -2.28. The van der Waals surface area contributed by atoms with Crippen molar-refractivity contribution in [2.24, 2.45) is 0 Å². The standard InChI is InChI=1S/C18H23NO4S2/c1-4-14(3)19(18(20)17-10-7-11-24-17)13-15-8-6-9-16(12-15)23-25(21,22)5-2/h6-12,14H,4-5,13H2,1-3H3/t14-/m1/s1. The Kier molecular flexibility index (Phi) is 6.61. The SMILES string of the molecule is CC[C@@H](C)N(Cc1cccc(OS(=O)(=O)CC)c1)C(=O)c1cccs1. The van der Waals surface area contributed by atoms with Crippen LogP contribution in [0.1, 0.15) is 42.4 Å². The molecule has 0 aliphatic heterocycles. The van der Waals surface area contributed by atoms with Crippen LogP contribution in [0.4, 0.5) is 0 Å². The van der Waals surface area contributed by atoms with Crippen molar-refractivity contribution in [1.29, 1.82) is 0 Å². The molecule has 0 saturated carbocycles. The Bertz CT molecular complexity index is 800. The quantitative estimate of drug-likeness (QED) is 0.650. The summed E-state index contributed by atoms with van der Waals surface area (Å²) in [5.74, 6) is 0.163. The maximum absolute atomic E-state index is 12.8. The molecule has 0 saturated heterocycles. The molecule has 1 heterocycles. The zero-order valence-electron chi connectivity index (χ0n) is 14.6. The summed E-state index contributed by atoms with van der Waals surface area (Å²) in [7, 11) is -3.57. The van der Waals surface area contributed by atoms with Gasteiger partial charge in [-0.2, -0.15) is 8.42 Å². The minimum Gasteiger partial charge on any atom is -0.382 e. The van der Waals surface area contributed by atoms with Gasteiger partial charge < -0.3 is 9.08 Å². The molecule has 0 fully saturated rings. The Balaban J connectivity index is 2.23. The number of hydrogen-bond acceptors (Lipinski definition) is 5. The van der Waals surface area contributed by atoms with Crippen molar-refractivity contribution >= 4 is 27.4 Å². The number of amides is 1. The number of thiophene rings is 1. The molecule has 0 spiro atoms. The van der Waals surface area contributed by atoms with E-state index < -0.39 is 10.1 Å². The highest BCUT2D eigenvalue weighted by atomic mass is 32.2. The lowest BCUT2D eigenvalue weighted by molar-refractivity contribution is 0.0676. The second-order valence-corrected chi connectivity index (χ2v) is 8.55. The molecule has 0 bridgehead atoms. The maximum Gasteiger partial charge on any atom is 0.308 e. The van der Waals surface area contributed by atoms with Crippen molar-refractivity contribution in [2.45, 2.75) is 39.8 Å². The van der Waals surface area contributed by atoms with Gasteiger partial charge in [0, 0.05) is 12.6 Å². The summed E-state index contributed by atoms with van der Waals surface area (Å²) in [5.41, 5.74) is 0.828. The summed E-state index contributed by atoms with van der Waals surface area (Å²) in [4.78, 5) is 15.3. The molecule has 0 aliphatic rings. The minimum atomic E-state index is -3.57. The highest BCUT2D eigenvalue weighted by Crippen LogP contribution is 2.21. The largest absolute Gasteiger partial charge is 0.382 e. The molecule has 2 aromatic rings. The van der Waals surface area contributed by atoms with Crippen molar-refractivity contribution in [3.63, 3.8) is 0 Å². The highest BCUT2D eigenvalue weighted by Gasteiger charge is 2.22. The van der Waals surface area contributed by atoms with Gasteiger partial charge in [0.15, 0.2) is 0 Å². The van der Waals surface area contributed by atoms with Crippen LogP contribution in [-0.4, -0.2) is 31.0 Å². The van der Waals surface area contributed by atoms with Crippen LogP contribution in [0.5, 0.6) is 5.75 Å². The number of hydrogen-bond donors (Lipinski definition) is 0. The van der Waals surface area contributed by atoms with Crippen LogP contribution in [0.25, 0.3) is 0 Å². The third-order valence-corrected chi connectivity index (χ3v) is 5.96. The first-order chi connectivity index (χ1) is 11.9. The van der Waals surface area contributed by atoms with Gasteiger partial charge in [-0.05, 0) is 49.4 Å². The van der Waals surface area contributed by atoms with Crippen molar-refractivity contribution in [3.05, 3.63) is 52.2 Å². The van der Waals surface area contributed by atoms with Gasteiger partial charge in [0.1, 0.15) is 5.75 Å². The van der Waals surface area contributed by atoms with Crippen LogP contribution >= 0.6 is 11.3 Å². The van der Waals surface area contributed by atoms with Gasteiger partial charge in [0.05, 0.1) is 10.6 Å². The van der Waals surface area contributed by atoms with E-state index in [0.717, 1.165) is 12.0 Å². The van der Waals surface area contributed by atoms with Gasteiger partial charge >= 0.3 is 10.1 Å². The first-order valence-electron chi connectivity index (χ1n) is 8.21. The molecule has 1 atom stereocenters. The zero-order chi connectivity index (χ0) is 18.4. The molecule has 1 amide bonds. The van der Waals surface area contributed by atoms with E-state index in [0.29, 0.717) is 11.4 Å². The predicted octanol–water partition coefficient (Wildman–Crippen LogP) is 3.92. The van der Waals surface area contributed by atoms with Gasteiger partial charge in [-0.25, -0.2) is 0 Å². The first-order valence-corrected chi connectivity index (χ1v) is 10.7. The highest BCUT2D eigenvalue weighted by molar-refractivity contribution is 7.87. The fourth-order valence-corrected chi connectivity index (χ4v) is 3.48. The van der Waals surface area contributed by atoms with Gasteiger partial charge in [-0.15, -0.1) is 11.3 Å². The number of benzene rings is 1. The molecule has 7 heteroatoms. The number of carbonyl (C=O) groups excluding carboxylic acids is 1. The lowest BCUT2D eigenvalue weighted by Crippen LogP contribution is -2.37. The van der Waals surface area contributed by atoms with E-state index in [9.17, 15) is 13.2 Å². The summed E-state index contributed by atoms with van der Waals surface area (Å²) < 4.78 is 28.3. The molecule has 0 N–H and O–H groups in total. The smallest absolute Gasteiger partial charge is 0.308 e. The summed E-state index contributed by atoms with van der Waals surface area (Å²) >= 11 is 1.42. The molecule has 0 radical (unpaired) electrons. The summed E-state index contributed by atoms with van der Waals surface area (Å²) in [6.45, 7) is 5.97. The lowest BCUT2D eigenvalue weighted by atomic mass is 10.1. The van der Waals surface area contributed by atoms with Crippen LogP contribution < -0.4 is 4.18 Å². The van der Waals surface area contributed by atoms with Crippen molar-refractivity contribution in [2.75, 3.05) is 5.75 Å². The Morgan fingerprint density at radius 2 is 2.00 bits per heavy atom. The number of nitrogens with zero attached hydrogens (tertiary/aromatic N) is 1. The van der Waals surface area contributed by atoms with E-state index in [2.05, 4.69) is 0 Å². The van der Waals surface area contributed by atoms with Gasteiger partial charge in [0.25, 0.3) is 5.91 Å². The number of carbonyl (C=O) groups is 1. The summed E-state index contributed by atoms with van der Waals surface area (Å²) in [6, 6.07) is 10.6. The monoisotopic (exact) mass is 381 g/mol. The molecule has 5 nitrogen and oxygen atoms in total. The third kappa shape index (κ3) is 5.31. The third-order valence-electron chi connectivity index (χ3n) is 3.94. The van der Waals surface area contributed by atoms with E-state index in [1.807, 2.05) is 37.4 Å². The number of rotatable bonds is 8. The average molecular weight is 382 g/mol. The Morgan fingerprint density at radius 3 is 2.60 bits per heavy atom. The topological polar surface area (TPSA) is 63.7 Å². The molecular formula is C18H23NO4S2. The van der Waals surface area contributed by atoms with Crippen LogP contribution in [0.3, 0.4) is 0 Å². The van der Waals surface area contributed by atoms with E-state index >= 15 is 0 Å². The van der Waals surface area contributed by atoms with Crippen LogP contribution in [0.2, 0.25) is 0 Å². The van der Waals surface area contributed by atoms with Gasteiger partial charge in [-0.3, -0.25) is 4.79 Å². The summed E-state index contributed by atoms with van der Waals surface area (Å²) in [6.07, 6.45) is 0.831. The summed E-state index contributed by atoms with van der Waals surface area (Å²) in [5, 5.41) is 1.88. The fraction of sp³-hybridized carbons (Fsp3) is 0.389. The predicted molar refractivity (Wildman–Crippen MR) is 100 cm³/mol. The van der Waals surface area contributed by atoms with Gasteiger partial charge in [-0.1, -0.05) is 25.1 Å². The van der Waals surface area contributed by atoms with Crippen molar-refractivity contribution < 1.29 is 17.4 Å². The molecule has 0 aliphatic carbocycles. The fourth-order valence-electron chi connectivity index (χ4n) is 2.29. The molecule has 2 rings (SSSR count). The average Bonchev–Trinajstić information content (AvgIpc) is 3.13. The molecule has 1 aromatic heterocycles. The normalized spacial score (nSPS) is 12.6. The van der Waals surface area contributed by atoms with E-state index in [1.54, 1.807) is 23.1 Å². The van der Waals surface area contributed by atoms with Gasteiger partial charge in [0.2, 0.25) is 0 Å². The maximum atomic E-state index is 12.8.